The lowest BCUT2D eigenvalue weighted by Gasteiger charge is -2.27. The minimum Gasteiger partial charge on any atom is -0.466 e. The van der Waals surface area contributed by atoms with Gasteiger partial charge in [0.1, 0.15) is 5.60 Å². The molecule has 0 amide bonds. The Hall–Kier alpha value is -1.42. The Morgan fingerprint density at radius 2 is 2.19 bits per heavy atom. The Morgan fingerprint density at radius 3 is 2.75 bits per heavy atom. The molecule has 1 unspecified atom stereocenters. The fraction of sp³-hybridized carbons (Fsp3) is 0.500. The van der Waals surface area contributed by atoms with E-state index in [1.54, 1.807) is 25.2 Å². The van der Waals surface area contributed by atoms with Gasteiger partial charge in [-0.25, -0.2) is 0 Å². The number of hydrogen-bond acceptors (Lipinski definition) is 4. The van der Waals surface area contributed by atoms with Crippen LogP contribution in [0.3, 0.4) is 0 Å². The maximum Gasteiger partial charge on any atom is 0.305 e. The molecule has 0 N–H and O–H groups in total. The SMILES string of the molecule is CCOC(=O)CCC1(OC)C=CC=CC1=O. The van der Waals surface area contributed by atoms with E-state index in [0.29, 0.717) is 13.0 Å². The molecule has 0 bridgehead atoms. The van der Waals surface area contributed by atoms with Gasteiger partial charge in [0.2, 0.25) is 0 Å². The summed E-state index contributed by atoms with van der Waals surface area (Å²) in [5.74, 6) is -0.448. The monoisotopic (exact) mass is 224 g/mol. The fourth-order valence-electron chi connectivity index (χ4n) is 1.58. The summed E-state index contributed by atoms with van der Waals surface area (Å²) >= 11 is 0. The number of methoxy groups -OCH3 is 1. The summed E-state index contributed by atoms with van der Waals surface area (Å²) in [5.41, 5.74) is -0.999. The maximum atomic E-state index is 11.7. The lowest BCUT2D eigenvalue weighted by atomic mass is 9.89. The smallest absolute Gasteiger partial charge is 0.305 e. The Balaban J connectivity index is 2.61. The molecular weight excluding hydrogens is 208 g/mol. The summed E-state index contributed by atoms with van der Waals surface area (Å²) in [4.78, 5) is 22.9. The van der Waals surface area contributed by atoms with Crippen LogP contribution >= 0.6 is 0 Å². The Morgan fingerprint density at radius 1 is 1.44 bits per heavy atom. The molecule has 88 valence electrons. The molecule has 1 atom stereocenters. The van der Waals surface area contributed by atoms with Crippen LogP contribution in [-0.2, 0) is 19.1 Å². The van der Waals surface area contributed by atoms with Crippen LogP contribution in [0.2, 0.25) is 0 Å². The predicted octanol–water partition coefficient (Wildman–Crippen LogP) is 1.41. The van der Waals surface area contributed by atoms with Crippen molar-refractivity contribution in [3.8, 4) is 0 Å². The number of ether oxygens (including phenoxy) is 2. The highest BCUT2D eigenvalue weighted by molar-refractivity contribution is 6.00. The van der Waals surface area contributed by atoms with E-state index in [4.69, 9.17) is 9.47 Å². The Bertz CT molecular complexity index is 330. The molecule has 0 aromatic rings. The van der Waals surface area contributed by atoms with Crippen molar-refractivity contribution in [2.45, 2.75) is 25.4 Å². The van der Waals surface area contributed by atoms with Gasteiger partial charge in [0.05, 0.1) is 6.61 Å². The topological polar surface area (TPSA) is 52.6 Å². The zero-order valence-electron chi connectivity index (χ0n) is 9.56. The molecule has 0 heterocycles. The van der Waals surface area contributed by atoms with Gasteiger partial charge in [-0.2, -0.15) is 0 Å². The normalized spacial score (nSPS) is 23.5. The maximum absolute atomic E-state index is 11.7. The van der Waals surface area contributed by atoms with Crippen molar-refractivity contribution in [3.05, 3.63) is 24.3 Å². The predicted molar refractivity (Wildman–Crippen MR) is 58.9 cm³/mol. The molecule has 0 saturated heterocycles. The lowest BCUT2D eigenvalue weighted by molar-refractivity contribution is -0.145. The summed E-state index contributed by atoms with van der Waals surface area (Å²) in [6.07, 6.45) is 7.01. The molecule has 16 heavy (non-hydrogen) atoms. The van der Waals surface area contributed by atoms with Crippen molar-refractivity contribution in [1.29, 1.82) is 0 Å². The van der Waals surface area contributed by atoms with Gasteiger partial charge in [0.15, 0.2) is 5.78 Å². The molecule has 0 fully saturated rings. The number of rotatable bonds is 5. The van der Waals surface area contributed by atoms with E-state index in [1.807, 2.05) is 0 Å². The van der Waals surface area contributed by atoms with Crippen molar-refractivity contribution in [2.75, 3.05) is 13.7 Å². The van der Waals surface area contributed by atoms with Crippen LogP contribution in [0.4, 0.5) is 0 Å². The fourth-order valence-corrected chi connectivity index (χ4v) is 1.58. The second-order valence-electron chi connectivity index (χ2n) is 3.48. The second-order valence-corrected chi connectivity index (χ2v) is 3.48. The molecule has 0 aromatic heterocycles. The van der Waals surface area contributed by atoms with Crippen molar-refractivity contribution in [3.63, 3.8) is 0 Å². The molecule has 4 nitrogen and oxygen atoms in total. The van der Waals surface area contributed by atoms with E-state index in [0.717, 1.165) is 0 Å². The molecule has 0 saturated carbocycles. The van der Waals surface area contributed by atoms with Crippen LogP contribution in [0, 0.1) is 0 Å². The Kier molecular flexibility index (Phi) is 4.43. The number of carbonyl (C=O) groups is 2. The van der Waals surface area contributed by atoms with Crippen LogP contribution in [0.25, 0.3) is 0 Å². The van der Waals surface area contributed by atoms with Crippen molar-refractivity contribution in [1.82, 2.24) is 0 Å². The third kappa shape index (κ3) is 2.79. The highest BCUT2D eigenvalue weighted by atomic mass is 16.5. The average molecular weight is 224 g/mol. The van der Waals surface area contributed by atoms with Gasteiger partial charge >= 0.3 is 5.97 Å². The van der Waals surface area contributed by atoms with Gasteiger partial charge in [0.25, 0.3) is 0 Å². The quantitative estimate of drug-likeness (QED) is 0.662. The highest BCUT2D eigenvalue weighted by Crippen LogP contribution is 2.24. The third-order valence-electron chi connectivity index (χ3n) is 2.51. The average Bonchev–Trinajstić information content (AvgIpc) is 2.29. The molecular formula is C12H16O4. The minimum atomic E-state index is -0.999. The van der Waals surface area contributed by atoms with E-state index in [9.17, 15) is 9.59 Å². The van der Waals surface area contributed by atoms with Crippen LogP contribution in [-0.4, -0.2) is 31.1 Å². The molecule has 1 aliphatic carbocycles. The standard InChI is InChI=1S/C12H16O4/c1-3-16-11(14)7-9-12(15-2)8-5-4-6-10(12)13/h4-6,8H,3,7,9H2,1-2H3. The molecule has 0 radical (unpaired) electrons. The van der Waals surface area contributed by atoms with E-state index in [2.05, 4.69) is 0 Å². The van der Waals surface area contributed by atoms with Crippen molar-refractivity contribution >= 4 is 11.8 Å². The molecule has 0 aromatic carbocycles. The zero-order chi connectivity index (χ0) is 12.0. The summed E-state index contributed by atoms with van der Waals surface area (Å²) < 4.78 is 10.0. The summed E-state index contributed by atoms with van der Waals surface area (Å²) in [6.45, 7) is 2.10. The van der Waals surface area contributed by atoms with Crippen LogP contribution in [0.15, 0.2) is 24.3 Å². The molecule has 0 spiro atoms. The van der Waals surface area contributed by atoms with E-state index >= 15 is 0 Å². The van der Waals surface area contributed by atoms with E-state index in [1.165, 1.54) is 13.2 Å². The van der Waals surface area contributed by atoms with Gasteiger partial charge in [-0.15, -0.1) is 0 Å². The van der Waals surface area contributed by atoms with Crippen LogP contribution in [0.1, 0.15) is 19.8 Å². The van der Waals surface area contributed by atoms with Gasteiger partial charge in [0, 0.05) is 13.5 Å². The largest absolute Gasteiger partial charge is 0.466 e. The second kappa shape index (κ2) is 5.61. The number of esters is 1. The molecule has 1 aliphatic rings. The van der Waals surface area contributed by atoms with Crippen LogP contribution in [0.5, 0.6) is 0 Å². The van der Waals surface area contributed by atoms with Gasteiger partial charge in [-0.3, -0.25) is 9.59 Å². The number of hydrogen-bond donors (Lipinski definition) is 0. The van der Waals surface area contributed by atoms with E-state index in [-0.39, 0.29) is 18.2 Å². The van der Waals surface area contributed by atoms with Gasteiger partial charge < -0.3 is 9.47 Å². The third-order valence-corrected chi connectivity index (χ3v) is 2.51. The summed E-state index contributed by atoms with van der Waals surface area (Å²) in [5, 5.41) is 0. The van der Waals surface area contributed by atoms with Gasteiger partial charge in [-0.05, 0) is 25.5 Å². The zero-order valence-corrected chi connectivity index (χ0v) is 9.56. The minimum absolute atomic E-state index is 0.137. The number of ketones is 1. The van der Waals surface area contributed by atoms with Crippen LogP contribution < -0.4 is 0 Å². The summed E-state index contributed by atoms with van der Waals surface area (Å²) in [7, 11) is 1.46. The van der Waals surface area contributed by atoms with Crippen molar-refractivity contribution in [2.24, 2.45) is 0 Å². The first-order chi connectivity index (χ1) is 7.64. The van der Waals surface area contributed by atoms with Gasteiger partial charge in [-0.1, -0.05) is 12.2 Å². The molecule has 4 heteroatoms. The van der Waals surface area contributed by atoms with Crippen molar-refractivity contribution < 1.29 is 19.1 Å². The molecule has 1 rings (SSSR count). The number of allylic oxidation sites excluding steroid dienone is 2. The first-order valence-electron chi connectivity index (χ1n) is 5.25. The summed E-state index contributed by atoms with van der Waals surface area (Å²) in [6, 6.07) is 0. The molecule has 0 aliphatic heterocycles. The first kappa shape index (κ1) is 12.6. The van der Waals surface area contributed by atoms with E-state index < -0.39 is 5.60 Å². The first-order valence-corrected chi connectivity index (χ1v) is 5.25. The Labute approximate surface area is 94.9 Å². The highest BCUT2D eigenvalue weighted by Gasteiger charge is 2.35. The number of carbonyl (C=O) groups excluding carboxylic acids is 2. The lowest BCUT2D eigenvalue weighted by Crippen LogP contribution is -2.39.